The van der Waals surface area contributed by atoms with Gasteiger partial charge >= 0.3 is 0 Å². The van der Waals surface area contributed by atoms with Crippen molar-refractivity contribution >= 4 is 15.7 Å². The molecule has 74 valence electrons. The summed E-state index contributed by atoms with van der Waals surface area (Å²) >= 11 is 0. The van der Waals surface area contributed by atoms with Gasteiger partial charge in [0, 0.05) is 13.1 Å². The molecule has 0 radical (unpaired) electrons. The first kappa shape index (κ1) is 8.96. The molecule has 1 amide bonds. The number of hydrogen-bond acceptors (Lipinski definition) is 4. The van der Waals surface area contributed by atoms with Crippen molar-refractivity contribution in [1.82, 2.24) is 10.2 Å². The highest BCUT2D eigenvalue weighted by molar-refractivity contribution is 7.91. The Labute approximate surface area is 77.0 Å². The minimum absolute atomic E-state index is 0.0293. The summed E-state index contributed by atoms with van der Waals surface area (Å²) < 4.78 is 22.5. The Morgan fingerprint density at radius 2 is 2.15 bits per heavy atom. The van der Waals surface area contributed by atoms with Gasteiger partial charge in [0.15, 0.2) is 9.84 Å². The quantitative estimate of drug-likeness (QED) is 0.506. The average Bonchev–Trinajstić information content (AvgIpc) is 2.34. The molecule has 2 fully saturated rings. The smallest absolute Gasteiger partial charge is 0.236 e. The average molecular weight is 204 g/mol. The van der Waals surface area contributed by atoms with Gasteiger partial charge < -0.3 is 10.2 Å². The standard InChI is InChI=1S/C7H12N2O3S/c1-9-6-4-13(11,12)3-5(6)8-2-7(9)10/h5-6,8H,2-4H2,1H3. The van der Waals surface area contributed by atoms with Crippen molar-refractivity contribution < 1.29 is 13.2 Å². The highest BCUT2D eigenvalue weighted by atomic mass is 32.2. The first-order valence-corrected chi connectivity index (χ1v) is 6.01. The van der Waals surface area contributed by atoms with Crippen LogP contribution >= 0.6 is 0 Å². The van der Waals surface area contributed by atoms with Gasteiger partial charge in [-0.25, -0.2) is 8.42 Å². The molecule has 0 spiro atoms. The number of nitrogens with one attached hydrogen (secondary N) is 1. The van der Waals surface area contributed by atoms with Gasteiger partial charge in [-0.05, 0) is 0 Å². The fraction of sp³-hybridized carbons (Fsp3) is 0.857. The van der Waals surface area contributed by atoms with E-state index in [1.165, 1.54) is 0 Å². The summed E-state index contributed by atoms with van der Waals surface area (Å²) in [5.74, 6) is 0.237. The first-order valence-electron chi connectivity index (χ1n) is 4.19. The lowest BCUT2D eigenvalue weighted by Crippen LogP contribution is -2.58. The van der Waals surface area contributed by atoms with Crippen LogP contribution in [0.25, 0.3) is 0 Å². The molecule has 2 rings (SSSR count). The second-order valence-corrected chi connectivity index (χ2v) is 5.79. The van der Waals surface area contributed by atoms with E-state index in [4.69, 9.17) is 0 Å². The lowest BCUT2D eigenvalue weighted by molar-refractivity contribution is -0.133. The van der Waals surface area contributed by atoms with E-state index in [1.807, 2.05) is 0 Å². The highest BCUT2D eigenvalue weighted by Crippen LogP contribution is 2.19. The Balaban J connectivity index is 2.25. The van der Waals surface area contributed by atoms with Gasteiger partial charge in [0.1, 0.15) is 0 Å². The number of likely N-dealkylation sites (N-methyl/N-ethyl adjacent to an activating group) is 1. The number of sulfone groups is 1. The summed E-state index contributed by atoms with van der Waals surface area (Å²) in [6, 6.07) is -0.223. The van der Waals surface area contributed by atoms with E-state index in [9.17, 15) is 13.2 Å². The number of piperazine rings is 1. The largest absolute Gasteiger partial charge is 0.339 e. The second-order valence-electron chi connectivity index (χ2n) is 3.64. The van der Waals surface area contributed by atoms with Crippen LogP contribution in [0.1, 0.15) is 0 Å². The Morgan fingerprint density at radius 1 is 1.46 bits per heavy atom. The topological polar surface area (TPSA) is 66.5 Å². The van der Waals surface area contributed by atoms with Crippen molar-refractivity contribution in [2.75, 3.05) is 25.1 Å². The van der Waals surface area contributed by atoms with Crippen LogP contribution in [0.2, 0.25) is 0 Å². The molecular weight excluding hydrogens is 192 g/mol. The number of carbonyl (C=O) groups excluding carboxylic acids is 1. The molecule has 0 aromatic carbocycles. The molecule has 2 aliphatic rings. The summed E-state index contributed by atoms with van der Waals surface area (Å²) in [5.41, 5.74) is 0. The summed E-state index contributed by atoms with van der Waals surface area (Å²) in [5, 5.41) is 2.95. The molecular formula is C7H12N2O3S. The van der Waals surface area contributed by atoms with Crippen molar-refractivity contribution in [3.63, 3.8) is 0 Å². The summed E-state index contributed by atoms with van der Waals surface area (Å²) in [6.45, 7) is 0.257. The fourth-order valence-electron chi connectivity index (χ4n) is 1.93. The molecule has 1 N–H and O–H groups in total. The minimum Gasteiger partial charge on any atom is -0.339 e. The van der Waals surface area contributed by atoms with E-state index in [1.54, 1.807) is 11.9 Å². The van der Waals surface area contributed by atoms with E-state index in [2.05, 4.69) is 5.32 Å². The van der Waals surface area contributed by atoms with E-state index in [0.717, 1.165) is 0 Å². The van der Waals surface area contributed by atoms with Crippen molar-refractivity contribution in [3.05, 3.63) is 0 Å². The predicted molar refractivity (Wildman–Crippen MR) is 47.0 cm³/mol. The monoisotopic (exact) mass is 204 g/mol. The normalized spacial score (nSPS) is 37.6. The van der Waals surface area contributed by atoms with Crippen LogP contribution in [-0.2, 0) is 14.6 Å². The Hall–Kier alpha value is -0.620. The second kappa shape index (κ2) is 2.68. The molecule has 0 saturated carbocycles. The molecule has 2 atom stereocenters. The molecule has 5 nitrogen and oxygen atoms in total. The van der Waals surface area contributed by atoms with E-state index >= 15 is 0 Å². The van der Waals surface area contributed by atoms with Crippen molar-refractivity contribution in [1.29, 1.82) is 0 Å². The zero-order valence-corrected chi connectivity index (χ0v) is 8.17. The Bertz CT molecular complexity index is 338. The molecule has 0 aromatic rings. The molecule has 2 unspecified atom stereocenters. The van der Waals surface area contributed by atoms with Gasteiger partial charge in [-0.3, -0.25) is 4.79 Å². The van der Waals surface area contributed by atoms with Crippen LogP contribution in [0.5, 0.6) is 0 Å². The van der Waals surface area contributed by atoms with Crippen LogP contribution in [0.4, 0.5) is 0 Å². The van der Waals surface area contributed by atoms with Crippen LogP contribution in [0.3, 0.4) is 0 Å². The fourth-order valence-corrected chi connectivity index (χ4v) is 3.93. The Kier molecular flexibility index (Phi) is 1.85. The molecule has 2 heterocycles. The summed E-state index contributed by atoms with van der Waals surface area (Å²) in [4.78, 5) is 12.8. The van der Waals surface area contributed by atoms with Crippen LogP contribution in [0.15, 0.2) is 0 Å². The lowest BCUT2D eigenvalue weighted by atomic mass is 10.1. The lowest BCUT2D eigenvalue weighted by Gasteiger charge is -2.34. The third-order valence-corrected chi connectivity index (χ3v) is 4.45. The number of hydrogen-bond donors (Lipinski definition) is 1. The maximum absolute atomic E-state index is 11.3. The van der Waals surface area contributed by atoms with E-state index in [0.29, 0.717) is 0 Å². The van der Waals surface area contributed by atoms with Gasteiger partial charge in [-0.15, -0.1) is 0 Å². The predicted octanol–water partition coefficient (Wildman–Crippen LogP) is -1.79. The molecule has 6 heteroatoms. The minimum atomic E-state index is -2.94. The number of fused-ring (bicyclic) bond motifs is 1. The number of carbonyl (C=O) groups is 1. The van der Waals surface area contributed by atoms with Crippen LogP contribution < -0.4 is 5.32 Å². The molecule has 13 heavy (non-hydrogen) atoms. The van der Waals surface area contributed by atoms with E-state index < -0.39 is 9.84 Å². The molecule has 2 aliphatic heterocycles. The molecule has 0 aliphatic carbocycles. The van der Waals surface area contributed by atoms with Gasteiger partial charge in [-0.1, -0.05) is 0 Å². The van der Waals surface area contributed by atoms with Gasteiger partial charge in [0.2, 0.25) is 5.91 Å². The maximum atomic E-state index is 11.3. The van der Waals surface area contributed by atoms with Crippen LogP contribution in [0, 0.1) is 0 Å². The first-order chi connectivity index (χ1) is 5.99. The molecule has 0 bridgehead atoms. The molecule has 2 saturated heterocycles. The third kappa shape index (κ3) is 1.44. The highest BCUT2D eigenvalue weighted by Gasteiger charge is 2.43. The summed E-state index contributed by atoms with van der Waals surface area (Å²) in [6.07, 6.45) is 0. The van der Waals surface area contributed by atoms with E-state index in [-0.39, 0.29) is 36.0 Å². The number of nitrogens with zero attached hydrogens (tertiary/aromatic N) is 1. The van der Waals surface area contributed by atoms with Gasteiger partial charge in [-0.2, -0.15) is 0 Å². The number of rotatable bonds is 0. The zero-order valence-electron chi connectivity index (χ0n) is 7.36. The van der Waals surface area contributed by atoms with Crippen LogP contribution in [-0.4, -0.2) is 56.4 Å². The summed E-state index contributed by atoms with van der Waals surface area (Å²) in [7, 11) is -1.27. The SMILES string of the molecule is CN1C(=O)CNC2CS(=O)(=O)CC21. The van der Waals surface area contributed by atoms with Gasteiger partial charge in [0.05, 0.1) is 24.1 Å². The third-order valence-electron chi connectivity index (χ3n) is 2.73. The maximum Gasteiger partial charge on any atom is 0.236 e. The Morgan fingerprint density at radius 3 is 2.85 bits per heavy atom. The van der Waals surface area contributed by atoms with Gasteiger partial charge in [0.25, 0.3) is 0 Å². The molecule has 0 aromatic heterocycles. The number of amides is 1. The zero-order chi connectivity index (χ0) is 9.64. The van der Waals surface area contributed by atoms with Crippen molar-refractivity contribution in [3.8, 4) is 0 Å². The van der Waals surface area contributed by atoms with Crippen molar-refractivity contribution in [2.45, 2.75) is 12.1 Å². The van der Waals surface area contributed by atoms with Crippen molar-refractivity contribution in [2.24, 2.45) is 0 Å².